The normalized spacial score (nSPS) is 12.1. The van der Waals surface area contributed by atoms with Crippen molar-refractivity contribution in [3.05, 3.63) is 12.2 Å². The number of rotatable bonds is 11. The number of aliphatic hydroxyl groups excluding tert-OH is 1. The Morgan fingerprint density at radius 1 is 1.20 bits per heavy atom. The first-order valence-corrected chi connectivity index (χ1v) is 7.71. The van der Waals surface area contributed by atoms with E-state index in [1.54, 1.807) is 0 Å². The van der Waals surface area contributed by atoms with Crippen LogP contribution in [0, 0.1) is 0 Å². The predicted molar refractivity (Wildman–Crippen MR) is 84.5 cm³/mol. The van der Waals surface area contributed by atoms with Gasteiger partial charge in [-0.25, -0.2) is 0 Å². The van der Waals surface area contributed by atoms with Gasteiger partial charge in [-0.3, -0.25) is 4.79 Å². The molecule has 0 heterocycles. The minimum atomic E-state index is 0.191. The molecule has 0 aliphatic heterocycles. The third-order valence-electron chi connectivity index (χ3n) is 3.67. The smallest absolute Gasteiger partial charge is 0.222 e. The van der Waals surface area contributed by atoms with Gasteiger partial charge in [-0.1, -0.05) is 18.6 Å². The Morgan fingerprint density at radius 2 is 1.90 bits per heavy atom. The molecule has 0 bridgehead atoms. The molecule has 0 atom stereocenters. The summed E-state index contributed by atoms with van der Waals surface area (Å²) in [4.78, 5) is 13.8. The van der Waals surface area contributed by atoms with Crippen LogP contribution in [0.2, 0.25) is 0 Å². The van der Waals surface area contributed by atoms with Gasteiger partial charge in [0.05, 0.1) is 33.8 Å². The molecule has 1 N–H and O–H groups in total. The van der Waals surface area contributed by atoms with Gasteiger partial charge in [-0.2, -0.15) is 0 Å². The number of allylic oxidation sites excluding steroid dienone is 2. The fourth-order valence-electron chi connectivity index (χ4n) is 2.00. The van der Waals surface area contributed by atoms with Gasteiger partial charge in [0.2, 0.25) is 5.91 Å². The molecule has 0 radical (unpaired) electrons. The second kappa shape index (κ2) is 10.9. The second-order valence-electron chi connectivity index (χ2n) is 6.09. The largest absolute Gasteiger partial charge is 0.391 e. The van der Waals surface area contributed by atoms with Gasteiger partial charge in [-0.15, -0.1) is 0 Å². The molecular weight excluding hydrogens is 252 g/mol. The van der Waals surface area contributed by atoms with E-state index in [2.05, 4.69) is 26.2 Å². The lowest BCUT2D eigenvalue weighted by Gasteiger charge is -2.31. The van der Waals surface area contributed by atoms with Crippen LogP contribution >= 0.6 is 0 Å². The predicted octanol–water partition coefficient (Wildman–Crippen LogP) is 2.04. The lowest BCUT2D eigenvalue weighted by Crippen LogP contribution is -2.47. The molecule has 4 heteroatoms. The summed E-state index contributed by atoms with van der Waals surface area (Å²) in [7, 11) is 6.03. The Balaban J connectivity index is 3.76. The number of carbonyl (C=O) groups is 1. The molecule has 0 saturated carbocycles. The first-order valence-electron chi connectivity index (χ1n) is 7.71. The third-order valence-corrected chi connectivity index (χ3v) is 3.67. The van der Waals surface area contributed by atoms with Gasteiger partial charge >= 0.3 is 0 Å². The van der Waals surface area contributed by atoms with Gasteiger partial charge in [0.25, 0.3) is 0 Å². The van der Waals surface area contributed by atoms with E-state index in [1.807, 2.05) is 18.9 Å². The molecule has 0 rings (SSSR count). The van der Waals surface area contributed by atoms with Crippen LogP contribution in [0.15, 0.2) is 12.2 Å². The van der Waals surface area contributed by atoms with E-state index in [0.717, 1.165) is 43.4 Å². The molecule has 20 heavy (non-hydrogen) atoms. The summed E-state index contributed by atoms with van der Waals surface area (Å²) in [5.74, 6) is 0.236. The number of hydrogen-bond donors (Lipinski definition) is 1. The summed E-state index contributed by atoms with van der Waals surface area (Å²) in [5.41, 5.74) is 0. The van der Waals surface area contributed by atoms with Crippen molar-refractivity contribution in [3.63, 3.8) is 0 Å². The number of hydrogen-bond acceptors (Lipinski definition) is 2. The first kappa shape index (κ1) is 19.1. The molecule has 0 spiro atoms. The van der Waals surface area contributed by atoms with Gasteiger partial charge < -0.3 is 14.5 Å². The zero-order valence-electron chi connectivity index (χ0n) is 13.8. The summed E-state index contributed by atoms with van der Waals surface area (Å²) >= 11 is 0. The number of carbonyl (C=O) groups excluding carboxylic acids is 1. The highest BCUT2D eigenvalue weighted by atomic mass is 16.3. The summed E-state index contributed by atoms with van der Waals surface area (Å²) in [6, 6.07) is 0. The number of aliphatic hydroxyl groups is 1. The fraction of sp³-hybridized carbons (Fsp3) is 0.812. The first-order chi connectivity index (χ1) is 9.43. The van der Waals surface area contributed by atoms with Gasteiger partial charge in [0.1, 0.15) is 6.54 Å². The average molecular weight is 285 g/mol. The monoisotopic (exact) mass is 285 g/mol. The molecule has 118 valence electrons. The second-order valence-corrected chi connectivity index (χ2v) is 6.09. The number of amides is 1. The van der Waals surface area contributed by atoms with Crippen molar-refractivity contribution >= 4 is 5.91 Å². The Hall–Kier alpha value is -0.870. The maximum absolute atomic E-state index is 12.0. The molecule has 0 aromatic rings. The highest BCUT2D eigenvalue weighted by Crippen LogP contribution is 2.06. The van der Waals surface area contributed by atoms with Crippen molar-refractivity contribution < 1.29 is 14.4 Å². The quantitative estimate of drug-likeness (QED) is 0.358. The maximum atomic E-state index is 12.0. The average Bonchev–Trinajstić information content (AvgIpc) is 2.39. The van der Waals surface area contributed by atoms with Crippen LogP contribution < -0.4 is 0 Å². The zero-order valence-corrected chi connectivity index (χ0v) is 13.8. The number of likely N-dealkylation sites (N-methyl/N-ethyl adjacent to an activating group) is 2. The lowest BCUT2D eigenvalue weighted by atomic mass is 10.1. The van der Waals surface area contributed by atoms with Crippen molar-refractivity contribution in [1.29, 1.82) is 0 Å². The van der Waals surface area contributed by atoms with Crippen LogP contribution in [-0.4, -0.2) is 67.8 Å². The third kappa shape index (κ3) is 9.98. The van der Waals surface area contributed by atoms with Crippen molar-refractivity contribution in [3.8, 4) is 0 Å². The molecule has 4 nitrogen and oxygen atoms in total. The molecule has 0 unspecified atom stereocenters. The Labute approximate surface area is 124 Å². The highest BCUT2D eigenvalue weighted by molar-refractivity contribution is 5.75. The molecular formula is C16H33N2O2+. The van der Waals surface area contributed by atoms with Crippen molar-refractivity contribution in [1.82, 2.24) is 4.90 Å². The van der Waals surface area contributed by atoms with Crippen LogP contribution in [0.25, 0.3) is 0 Å². The zero-order chi connectivity index (χ0) is 15.4. The molecule has 1 amide bonds. The van der Waals surface area contributed by atoms with Crippen LogP contribution in [0.5, 0.6) is 0 Å². The SMILES string of the molecule is C/C=C/CCCCCC(=O)N(C)CC[N+](C)(C)CCO. The summed E-state index contributed by atoms with van der Waals surface area (Å²) < 4.78 is 0.747. The van der Waals surface area contributed by atoms with Crippen molar-refractivity contribution in [2.45, 2.75) is 39.0 Å². The van der Waals surface area contributed by atoms with E-state index in [9.17, 15) is 4.79 Å². The molecule has 0 aromatic heterocycles. The van der Waals surface area contributed by atoms with E-state index in [0.29, 0.717) is 6.42 Å². The van der Waals surface area contributed by atoms with E-state index < -0.39 is 0 Å². The van der Waals surface area contributed by atoms with E-state index in [1.165, 1.54) is 6.42 Å². The van der Waals surface area contributed by atoms with Crippen LogP contribution in [-0.2, 0) is 4.79 Å². The summed E-state index contributed by atoms with van der Waals surface area (Å²) in [6.07, 6.45) is 9.29. The minimum Gasteiger partial charge on any atom is -0.391 e. The Bertz CT molecular complexity index is 288. The molecule has 0 aliphatic carbocycles. The van der Waals surface area contributed by atoms with Gasteiger partial charge in [0.15, 0.2) is 0 Å². The van der Waals surface area contributed by atoms with Crippen molar-refractivity contribution in [2.75, 3.05) is 47.4 Å². The number of quaternary nitrogens is 1. The van der Waals surface area contributed by atoms with Crippen molar-refractivity contribution in [2.24, 2.45) is 0 Å². The maximum Gasteiger partial charge on any atom is 0.222 e. The number of nitrogens with zero attached hydrogens (tertiary/aromatic N) is 2. The van der Waals surface area contributed by atoms with Gasteiger partial charge in [0, 0.05) is 13.5 Å². The highest BCUT2D eigenvalue weighted by Gasteiger charge is 2.16. The van der Waals surface area contributed by atoms with Crippen LogP contribution in [0.3, 0.4) is 0 Å². The number of unbranched alkanes of at least 4 members (excludes halogenated alkanes) is 3. The standard InChI is InChI=1S/C16H33N2O2/c1-5-6-7-8-9-10-11-16(20)17(2)12-13-18(3,4)14-15-19/h5-6,19H,7-15H2,1-4H3/q+1/b6-5+. The topological polar surface area (TPSA) is 40.5 Å². The molecule has 0 saturated heterocycles. The van der Waals surface area contributed by atoms with E-state index in [4.69, 9.17) is 5.11 Å². The Morgan fingerprint density at radius 3 is 2.50 bits per heavy atom. The Kier molecular flexibility index (Phi) is 10.4. The summed E-state index contributed by atoms with van der Waals surface area (Å²) in [6.45, 7) is 4.59. The van der Waals surface area contributed by atoms with E-state index in [-0.39, 0.29) is 12.5 Å². The minimum absolute atomic E-state index is 0.191. The summed E-state index contributed by atoms with van der Waals surface area (Å²) in [5, 5.41) is 8.98. The molecule has 0 fully saturated rings. The van der Waals surface area contributed by atoms with E-state index >= 15 is 0 Å². The fourth-order valence-corrected chi connectivity index (χ4v) is 2.00. The van der Waals surface area contributed by atoms with Gasteiger partial charge in [-0.05, 0) is 26.2 Å². The van der Waals surface area contributed by atoms with Crippen LogP contribution in [0.4, 0.5) is 0 Å². The molecule has 0 aliphatic rings. The van der Waals surface area contributed by atoms with Crippen LogP contribution in [0.1, 0.15) is 39.0 Å². The lowest BCUT2D eigenvalue weighted by molar-refractivity contribution is -0.890. The molecule has 0 aromatic carbocycles.